The molecular formula is C11H6FNO2. The number of aromatic nitrogens is 1. The standard InChI is InChI=1S/C11H6FNO2/c12-7-2-1-3-8-9(7)6-4-5-15-10(6)11(14)13-8/h1-5H,(H,13,14). The van der Waals surface area contributed by atoms with Gasteiger partial charge in [-0.25, -0.2) is 4.39 Å². The van der Waals surface area contributed by atoms with Gasteiger partial charge < -0.3 is 9.40 Å². The monoisotopic (exact) mass is 203 g/mol. The SMILES string of the molecule is O=c1[nH]c2cccc(F)c2c2ccoc12. The molecule has 0 radical (unpaired) electrons. The maximum Gasteiger partial charge on any atom is 0.292 e. The highest BCUT2D eigenvalue weighted by Crippen LogP contribution is 2.24. The highest BCUT2D eigenvalue weighted by Gasteiger charge is 2.10. The maximum atomic E-state index is 13.6. The van der Waals surface area contributed by atoms with E-state index in [9.17, 15) is 9.18 Å². The van der Waals surface area contributed by atoms with Crippen molar-refractivity contribution in [2.45, 2.75) is 0 Å². The fraction of sp³-hybridized carbons (Fsp3) is 0. The smallest absolute Gasteiger partial charge is 0.292 e. The zero-order valence-electron chi connectivity index (χ0n) is 7.58. The molecule has 0 fully saturated rings. The van der Waals surface area contributed by atoms with Gasteiger partial charge in [-0.1, -0.05) is 6.07 Å². The number of halogens is 1. The molecule has 3 aromatic rings. The summed E-state index contributed by atoms with van der Waals surface area (Å²) < 4.78 is 18.6. The topological polar surface area (TPSA) is 46.0 Å². The van der Waals surface area contributed by atoms with Crippen LogP contribution in [-0.4, -0.2) is 4.98 Å². The Kier molecular flexibility index (Phi) is 1.48. The van der Waals surface area contributed by atoms with Crippen LogP contribution in [0.3, 0.4) is 0 Å². The molecule has 0 aliphatic heterocycles. The minimum Gasteiger partial charge on any atom is -0.458 e. The highest BCUT2D eigenvalue weighted by atomic mass is 19.1. The third-order valence-corrected chi connectivity index (χ3v) is 2.40. The maximum absolute atomic E-state index is 13.6. The first-order chi connectivity index (χ1) is 7.27. The molecule has 0 unspecified atom stereocenters. The van der Waals surface area contributed by atoms with Crippen LogP contribution in [0.15, 0.2) is 39.7 Å². The third kappa shape index (κ3) is 1.01. The zero-order valence-corrected chi connectivity index (χ0v) is 7.58. The zero-order chi connectivity index (χ0) is 10.4. The van der Waals surface area contributed by atoms with E-state index in [2.05, 4.69) is 4.98 Å². The Bertz CT molecular complexity index is 711. The molecule has 0 atom stereocenters. The Hall–Kier alpha value is -2.10. The number of benzene rings is 1. The van der Waals surface area contributed by atoms with Crippen LogP contribution < -0.4 is 5.56 Å². The number of hydrogen-bond donors (Lipinski definition) is 1. The first-order valence-electron chi connectivity index (χ1n) is 4.45. The molecule has 74 valence electrons. The summed E-state index contributed by atoms with van der Waals surface area (Å²) in [5.41, 5.74) is 0.301. The molecule has 0 amide bonds. The number of fused-ring (bicyclic) bond motifs is 3. The van der Waals surface area contributed by atoms with Crippen LogP contribution in [0.5, 0.6) is 0 Å². The summed E-state index contributed by atoms with van der Waals surface area (Å²) >= 11 is 0. The number of pyridine rings is 1. The van der Waals surface area contributed by atoms with Crippen molar-refractivity contribution in [1.82, 2.24) is 4.98 Å². The Morgan fingerprint density at radius 1 is 1.27 bits per heavy atom. The second-order valence-corrected chi connectivity index (χ2v) is 3.28. The molecule has 0 aliphatic carbocycles. The summed E-state index contributed by atoms with van der Waals surface area (Å²) in [6.07, 6.45) is 1.38. The van der Waals surface area contributed by atoms with Crippen LogP contribution >= 0.6 is 0 Å². The van der Waals surface area contributed by atoms with Crippen LogP contribution in [0, 0.1) is 5.82 Å². The summed E-state index contributed by atoms with van der Waals surface area (Å²) in [4.78, 5) is 14.1. The van der Waals surface area contributed by atoms with Gasteiger partial charge in [0.05, 0.1) is 11.8 Å². The highest BCUT2D eigenvalue weighted by molar-refractivity contribution is 6.03. The minimum atomic E-state index is -0.366. The molecule has 2 aromatic heterocycles. The Labute approximate surface area is 83.1 Å². The number of furan rings is 1. The summed E-state index contributed by atoms with van der Waals surface area (Å²) in [7, 11) is 0. The lowest BCUT2D eigenvalue weighted by atomic mass is 10.1. The van der Waals surface area contributed by atoms with Crippen molar-refractivity contribution in [1.29, 1.82) is 0 Å². The molecule has 0 spiro atoms. The third-order valence-electron chi connectivity index (χ3n) is 2.40. The number of rotatable bonds is 0. The second kappa shape index (κ2) is 2.70. The van der Waals surface area contributed by atoms with Crippen molar-refractivity contribution in [2.75, 3.05) is 0 Å². The van der Waals surface area contributed by atoms with Crippen LogP contribution in [-0.2, 0) is 0 Å². The molecule has 0 saturated heterocycles. The van der Waals surface area contributed by atoms with Crippen LogP contribution in [0.1, 0.15) is 0 Å². The summed E-state index contributed by atoms with van der Waals surface area (Å²) in [5, 5.41) is 0.896. The average molecular weight is 203 g/mol. The van der Waals surface area contributed by atoms with E-state index in [0.717, 1.165) is 0 Å². The van der Waals surface area contributed by atoms with Crippen molar-refractivity contribution < 1.29 is 8.81 Å². The number of nitrogens with one attached hydrogen (secondary N) is 1. The molecule has 3 rings (SSSR count). The van der Waals surface area contributed by atoms with Crippen LogP contribution in [0.2, 0.25) is 0 Å². The van der Waals surface area contributed by atoms with E-state index >= 15 is 0 Å². The van der Waals surface area contributed by atoms with E-state index in [0.29, 0.717) is 16.3 Å². The van der Waals surface area contributed by atoms with Gasteiger partial charge >= 0.3 is 0 Å². The number of H-pyrrole nitrogens is 1. The van der Waals surface area contributed by atoms with Crippen molar-refractivity contribution in [3.05, 3.63) is 46.7 Å². The molecule has 2 heterocycles. The second-order valence-electron chi connectivity index (χ2n) is 3.28. The van der Waals surface area contributed by atoms with E-state index in [1.54, 1.807) is 18.2 Å². The largest absolute Gasteiger partial charge is 0.458 e. The van der Waals surface area contributed by atoms with Gasteiger partial charge in [-0.05, 0) is 18.2 Å². The predicted molar refractivity (Wildman–Crippen MR) is 54.3 cm³/mol. The molecule has 0 aliphatic rings. The molecule has 3 nitrogen and oxygen atoms in total. The van der Waals surface area contributed by atoms with Crippen molar-refractivity contribution >= 4 is 21.9 Å². The first-order valence-corrected chi connectivity index (χ1v) is 4.45. The van der Waals surface area contributed by atoms with Gasteiger partial charge in [-0.15, -0.1) is 0 Å². The van der Waals surface area contributed by atoms with E-state index in [4.69, 9.17) is 4.42 Å². The van der Waals surface area contributed by atoms with Crippen LogP contribution in [0.25, 0.3) is 21.9 Å². The Morgan fingerprint density at radius 2 is 2.13 bits per heavy atom. The molecule has 1 N–H and O–H groups in total. The lowest BCUT2D eigenvalue weighted by Gasteiger charge is -1.99. The predicted octanol–water partition coefficient (Wildman–Crippen LogP) is 2.41. The molecule has 0 saturated carbocycles. The molecule has 4 heteroatoms. The number of hydrogen-bond acceptors (Lipinski definition) is 2. The van der Waals surface area contributed by atoms with E-state index < -0.39 is 0 Å². The van der Waals surface area contributed by atoms with Gasteiger partial charge in [-0.2, -0.15) is 0 Å². The average Bonchev–Trinajstić information content (AvgIpc) is 2.66. The van der Waals surface area contributed by atoms with Crippen LogP contribution in [0.4, 0.5) is 4.39 Å². The molecule has 1 aromatic carbocycles. The van der Waals surface area contributed by atoms with Crippen molar-refractivity contribution in [2.24, 2.45) is 0 Å². The summed E-state index contributed by atoms with van der Waals surface area (Å²) in [6, 6.07) is 6.16. The molecular weight excluding hydrogens is 197 g/mol. The first kappa shape index (κ1) is 8.23. The fourth-order valence-corrected chi connectivity index (χ4v) is 1.76. The van der Waals surface area contributed by atoms with Gasteiger partial charge in [-0.3, -0.25) is 4.79 Å². The lowest BCUT2D eigenvalue weighted by molar-refractivity contribution is 0.610. The van der Waals surface area contributed by atoms with Gasteiger partial charge in [0.15, 0.2) is 5.58 Å². The van der Waals surface area contributed by atoms with Crippen molar-refractivity contribution in [3.63, 3.8) is 0 Å². The van der Waals surface area contributed by atoms with Gasteiger partial charge in [0, 0.05) is 10.8 Å². The quantitative estimate of drug-likeness (QED) is 0.609. The number of aromatic amines is 1. The molecule has 0 bridgehead atoms. The van der Waals surface area contributed by atoms with Gasteiger partial charge in [0.25, 0.3) is 5.56 Å². The van der Waals surface area contributed by atoms with E-state index in [-0.39, 0.29) is 17.0 Å². The fourth-order valence-electron chi connectivity index (χ4n) is 1.76. The van der Waals surface area contributed by atoms with Gasteiger partial charge in [0.1, 0.15) is 5.82 Å². The van der Waals surface area contributed by atoms with Gasteiger partial charge in [0.2, 0.25) is 0 Å². The Balaban J connectivity index is 2.74. The summed E-state index contributed by atoms with van der Waals surface area (Å²) in [5.74, 6) is -0.366. The lowest BCUT2D eigenvalue weighted by Crippen LogP contribution is -2.05. The minimum absolute atomic E-state index is 0.160. The summed E-state index contributed by atoms with van der Waals surface area (Å²) in [6.45, 7) is 0. The van der Waals surface area contributed by atoms with E-state index in [1.165, 1.54) is 12.3 Å². The Morgan fingerprint density at radius 3 is 3.00 bits per heavy atom. The van der Waals surface area contributed by atoms with Crippen molar-refractivity contribution in [3.8, 4) is 0 Å². The normalized spacial score (nSPS) is 11.3. The molecule has 15 heavy (non-hydrogen) atoms. The van der Waals surface area contributed by atoms with E-state index in [1.807, 2.05) is 0 Å².